The molecule has 0 fully saturated rings. The third kappa shape index (κ3) is 1.70. The number of hydrogen-bond acceptors (Lipinski definition) is 2. The predicted octanol–water partition coefficient (Wildman–Crippen LogP) is 2.95. The zero-order chi connectivity index (χ0) is 9.97. The fourth-order valence-electron chi connectivity index (χ4n) is 1.17. The molecule has 0 saturated heterocycles. The van der Waals surface area contributed by atoms with Gasteiger partial charge in [-0.25, -0.2) is 4.39 Å². The van der Waals surface area contributed by atoms with Gasteiger partial charge in [0, 0.05) is 18.0 Å². The predicted molar refractivity (Wildman–Crippen MR) is 54.8 cm³/mol. The monoisotopic (exact) mass is 206 g/mol. The van der Waals surface area contributed by atoms with Crippen molar-refractivity contribution in [2.75, 3.05) is 0 Å². The summed E-state index contributed by atoms with van der Waals surface area (Å²) in [5, 5.41) is 0. The number of aromatic nitrogens is 2. The number of halogens is 1. The van der Waals surface area contributed by atoms with Crippen molar-refractivity contribution >= 4 is 12.2 Å². The Bertz CT molecular complexity index is 490. The quantitative estimate of drug-likeness (QED) is 0.727. The Morgan fingerprint density at radius 3 is 2.57 bits per heavy atom. The molecule has 0 spiro atoms. The van der Waals surface area contributed by atoms with Crippen molar-refractivity contribution in [1.29, 1.82) is 0 Å². The first-order chi connectivity index (χ1) is 6.77. The summed E-state index contributed by atoms with van der Waals surface area (Å²) in [6.45, 7) is 0. The minimum atomic E-state index is -0.264. The highest BCUT2D eigenvalue weighted by Crippen LogP contribution is 2.16. The number of H-pyrrole nitrogens is 1. The van der Waals surface area contributed by atoms with Crippen molar-refractivity contribution in [3.8, 4) is 11.3 Å². The fraction of sp³-hybridized carbons (Fsp3) is 0. The van der Waals surface area contributed by atoms with Gasteiger partial charge in [-0.3, -0.25) is 4.98 Å². The Morgan fingerprint density at radius 1 is 1.21 bits per heavy atom. The largest absolute Gasteiger partial charge is 0.350 e. The molecule has 70 valence electrons. The van der Waals surface area contributed by atoms with E-state index in [1.807, 2.05) is 0 Å². The summed E-state index contributed by atoms with van der Waals surface area (Å²) in [6.07, 6.45) is 3.28. The van der Waals surface area contributed by atoms with Crippen LogP contribution in [0.4, 0.5) is 4.39 Å². The van der Waals surface area contributed by atoms with Crippen LogP contribution >= 0.6 is 12.2 Å². The molecule has 1 aromatic heterocycles. The van der Waals surface area contributed by atoms with E-state index >= 15 is 0 Å². The van der Waals surface area contributed by atoms with E-state index in [1.165, 1.54) is 12.1 Å². The Kier molecular flexibility index (Phi) is 2.37. The van der Waals surface area contributed by atoms with E-state index in [0.717, 1.165) is 5.56 Å². The van der Waals surface area contributed by atoms with E-state index in [4.69, 9.17) is 12.2 Å². The topological polar surface area (TPSA) is 28.7 Å². The summed E-state index contributed by atoms with van der Waals surface area (Å²) in [7, 11) is 0. The van der Waals surface area contributed by atoms with Gasteiger partial charge in [0.15, 0.2) is 0 Å². The Hall–Kier alpha value is -1.55. The molecule has 0 unspecified atom stereocenters. The van der Waals surface area contributed by atoms with E-state index in [1.54, 1.807) is 24.5 Å². The summed E-state index contributed by atoms with van der Waals surface area (Å²) < 4.78 is 13.2. The highest BCUT2D eigenvalue weighted by Gasteiger charge is 2.00. The molecule has 0 aliphatic heterocycles. The molecular formula is C10H7FN2S. The first-order valence-electron chi connectivity index (χ1n) is 4.07. The summed E-state index contributed by atoms with van der Waals surface area (Å²) in [4.78, 5) is 6.99. The van der Waals surface area contributed by atoms with Crippen LogP contribution in [0.2, 0.25) is 0 Å². The number of nitrogens with zero attached hydrogens (tertiary/aromatic N) is 1. The van der Waals surface area contributed by atoms with E-state index in [0.29, 0.717) is 10.3 Å². The molecular weight excluding hydrogens is 199 g/mol. The number of benzene rings is 1. The van der Waals surface area contributed by atoms with Gasteiger partial charge >= 0.3 is 0 Å². The van der Waals surface area contributed by atoms with Crippen LogP contribution in [0, 0.1) is 10.5 Å². The molecule has 0 aliphatic carbocycles. The van der Waals surface area contributed by atoms with Crippen molar-refractivity contribution in [3.63, 3.8) is 0 Å². The first kappa shape index (κ1) is 9.02. The lowest BCUT2D eigenvalue weighted by Gasteiger charge is -1.99. The van der Waals surface area contributed by atoms with Crippen LogP contribution < -0.4 is 0 Å². The molecule has 0 bridgehead atoms. The van der Waals surface area contributed by atoms with Gasteiger partial charge in [-0.1, -0.05) is 12.2 Å². The molecule has 0 saturated carbocycles. The average Bonchev–Trinajstić information content (AvgIpc) is 2.20. The van der Waals surface area contributed by atoms with Gasteiger partial charge in [-0.05, 0) is 24.3 Å². The van der Waals surface area contributed by atoms with Crippen LogP contribution in [0.25, 0.3) is 11.3 Å². The van der Waals surface area contributed by atoms with Crippen molar-refractivity contribution in [1.82, 2.24) is 9.97 Å². The average molecular weight is 206 g/mol. The lowest BCUT2D eigenvalue weighted by molar-refractivity contribution is 0.628. The number of hydrogen-bond donors (Lipinski definition) is 1. The molecule has 0 atom stereocenters. The molecule has 2 rings (SSSR count). The Morgan fingerprint density at radius 2 is 1.93 bits per heavy atom. The fourth-order valence-corrected chi connectivity index (χ4v) is 1.40. The van der Waals surface area contributed by atoms with E-state index < -0.39 is 0 Å². The number of nitrogens with one attached hydrogen (secondary N) is 1. The SMILES string of the molecule is Fc1ccc(-c2ncc[nH]c2=S)cc1. The molecule has 1 heterocycles. The van der Waals surface area contributed by atoms with Crippen molar-refractivity contribution in [3.05, 3.63) is 47.1 Å². The maximum absolute atomic E-state index is 12.6. The van der Waals surface area contributed by atoms with Crippen molar-refractivity contribution in [2.45, 2.75) is 0 Å². The highest BCUT2D eigenvalue weighted by atomic mass is 32.1. The zero-order valence-electron chi connectivity index (χ0n) is 7.20. The van der Waals surface area contributed by atoms with Gasteiger partial charge < -0.3 is 4.98 Å². The number of aromatic amines is 1. The molecule has 2 nitrogen and oxygen atoms in total. The lowest BCUT2D eigenvalue weighted by atomic mass is 10.2. The van der Waals surface area contributed by atoms with Crippen molar-refractivity contribution < 1.29 is 4.39 Å². The van der Waals surface area contributed by atoms with Crippen LogP contribution in [0.5, 0.6) is 0 Å². The van der Waals surface area contributed by atoms with Gasteiger partial charge in [0.1, 0.15) is 16.2 Å². The maximum atomic E-state index is 12.6. The van der Waals surface area contributed by atoms with Gasteiger partial charge in [0.05, 0.1) is 0 Å². The van der Waals surface area contributed by atoms with E-state index in [-0.39, 0.29) is 5.82 Å². The minimum absolute atomic E-state index is 0.264. The molecule has 4 heteroatoms. The smallest absolute Gasteiger partial charge is 0.129 e. The molecule has 2 aromatic rings. The normalized spacial score (nSPS) is 10.1. The molecule has 0 aliphatic rings. The Labute approximate surface area is 85.5 Å². The minimum Gasteiger partial charge on any atom is -0.350 e. The lowest BCUT2D eigenvalue weighted by Crippen LogP contribution is -1.86. The van der Waals surface area contributed by atoms with Gasteiger partial charge in [0.25, 0.3) is 0 Å². The standard InChI is InChI=1S/C10H7FN2S/c11-8-3-1-7(2-4-8)9-10(14)13-6-5-12-9/h1-6H,(H,13,14). The molecule has 1 aromatic carbocycles. The second-order valence-corrected chi connectivity index (χ2v) is 3.18. The Balaban J connectivity index is 2.56. The van der Waals surface area contributed by atoms with Crippen LogP contribution in [-0.4, -0.2) is 9.97 Å². The summed E-state index contributed by atoms with van der Waals surface area (Å²) >= 11 is 5.06. The summed E-state index contributed by atoms with van der Waals surface area (Å²) in [5.74, 6) is -0.264. The third-order valence-electron chi connectivity index (χ3n) is 1.83. The molecule has 0 amide bonds. The molecule has 0 radical (unpaired) electrons. The van der Waals surface area contributed by atoms with Crippen LogP contribution in [0.3, 0.4) is 0 Å². The van der Waals surface area contributed by atoms with Gasteiger partial charge in [0.2, 0.25) is 0 Å². The zero-order valence-corrected chi connectivity index (χ0v) is 8.01. The second-order valence-electron chi connectivity index (χ2n) is 2.77. The van der Waals surface area contributed by atoms with Crippen molar-refractivity contribution in [2.24, 2.45) is 0 Å². The summed E-state index contributed by atoms with van der Waals surface area (Å²) in [6, 6.07) is 6.08. The van der Waals surface area contributed by atoms with E-state index in [9.17, 15) is 4.39 Å². The molecule has 14 heavy (non-hydrogen) atoms. The van der Waals surface area contributed by atoms with Gasteiger partial charge in [-0.2, -0.15) is 0 Å². The first-order valence-corrected chi connectivity index (χ1v) is 4.48. The van der Waals surface area contributed by atoms with Crippen LogP contribution in [0.1, 0.15) is 0 Å². The molecule has 1 N–H and O–H groups in total. The number of rotatable bonds is 1. The van der Waals surface area contributed by atoms with Crippen LogP contribution in [-0.2, 0) is 0 Å². The third-order valence-corrected chi connectivity index (χ3v) is 2.14. The van der Waals surface area contributed by atoms with Gasteiger partial charge in [-0.15, -0.1) is 0 Å². The van der Waals surface area contributed by atoms with Crippen LogP contribution in [0.15, 0.2) is 36.7 Å². The maximum Gasteiger partial charge on any atom is 0.129 e. The summed E-state index contributed by atoms with van der Waals surface area (Å²) in [5.41, 5.74) is 1.48. The highest BCUT2D eigenvalue weighted by molar-refractivity contribution is 7.71. The second kappa shape index (κ2) is 3.67. The van der Waals surface area contributed by atoms with E-state index in [2.05, 4.69) is 9.97 Å².